The summed E-state index contributed by atoms with van der Waals surface area (Å²) in [6, 6.07) is -0.0116. The quantitative estimate of drug-likeness (QED) is 0.196. The summed E-state index contributed by atoms with van der Waals surface area (Å²) in [6.07, 6.45) is 98.1. The Morgan fingerprint density at radius 2 is 0.508 bits per heavy atom. The van der Waals surface area contributed by atoms with E-state index in [2.05, 4.69) is 86.5 Å². The Kier molecular flexibility index (Phi) is 56.5. The van der Waals surface area contributed by atoms with Gasteiger partial charge in [-0.05, 0) is 315 Å². The van der Waals surface area contributed by atoms with Crippen LogP contribution in [0.3, 0.4) is 0 Å². The Morgan fingerprint density at radius 3 is 0.683 bits per heavy atom. The van der Waals surface area contributed by atoms with E-state index in [-0.39, 0.29) is 153 Å². The van der Waals surface area contributed by atoms with Crippen LogP contribution in [0.25, 0.3) is 39.0 Å². The molecule has 2 saturated heterocycles. The Bertz CT molecular complexity index is 2490. The number of nitrogens with one attached hydrogen (secondary N) is 5. The van der Waals surface area contributed by atoms with Crippen molar-refractivity contribution in [3.8, 4) is 0 Å². The number of imidazole rings is 1. The van der Waals surface area contributed by atoms with Crippen LogP contribution in [0, 0.1) is 0 Å². The molecule has 0 bridgehead atoms. The summed E-state index contributed by atoms with van der Waals surface area (Å²) in [6.45, 7) is 17.4. The third kappa shape index (κ3) is 36.7. The zero-order valence-corrected chi connectivity index (χ0v) is 90.9. The van der Waals surface area contributed by atoms with Crippen molar-refractivity contribution in [2.75, 3.05) is 74.1 Å². The van der Waals surface area contributed by atoms with E-state index in [1.54, 1.807) is 332 Å². The molecule has 0 spiro atoms. The van der Waals surface area contributed by atoms with Gasteiger partial charge in [-0.3, -0.25) is 15.0 Å². The van der Waals surface area contributed by atoms with Gasteiger partial charge in [-0.2, -0.15) is 0 Å². The predicted octanol–water partition coefficient (Wildman–Crippen LogP) is 26.4. The average Bonchev–Trinajstić information content (AvgIpc) is 1.69. The van der Waals surface area contributed by atoms with Crippen LogP contribution in [0.5, 0.6) is 0 Å². The largest absolute Gasteiger partial charge is 0.716 e. The van der Waals surface area contributed by atoms with Crippen LogP contribution in [-0.4, -0.2) is 211 Å². The second-order valence-corrected chi connectivity index (χ2v) is 59.3. The minimum absolute atomic E-state index is 0. The summed E-state index contributed by atoms with van der Waals surface area (Å²) in [5, 5.41) is 18.8. The summed E-state index contributed by atoms with van der Waals surface area (Å²) in [5.41, 5.74) is 37.5. The van der Waals surface area contributed by atoms with Gasteiger partial charge in [-0.25, -0.2) is 23.1 Å². The van der Waals surface area contributed by atoms with E-state index in [0.29, 0.717) is 25.4 Å². The van der Waals surface area contributed by atoms with Crippen LogP contribution >= 0.6 is 47.5 Å². The number of aryl methyl sites for hydroxylation is 1. The third-order valence-electron chi connectivity index (χ3n) is 32.8. The maximum Gasteiger partial charge on any atom is 0.150 e. The number of nitrogens with zero attached hydrogens (tertiary/aromatic N) is 10. The van der Waals surface area contributed by atoms with Crippen molar-refractivity contribution in [2.45, 2.75) is 490 Å². The summed E-state index contributed by atoms with van der Waals surface area (Å²) in [4.78, 5) is 20.4. The first-order chi connectivity index (χ1) is 57.1. The minimum Gasteiger partial charge on any atom is -0.716 e. The number of likely N-dealkylation sites (N-methyl/N-ethyl adjacent to an activating group) is 2. The molecule has 18 rings (SSSR count). The van der Waals surface area contributed by atoms with Crippen molar-refractivity contribution in [1.29, 1.82) is 0 Å². The number of fused-ring (bicyclic) bond motifs is 3. The van der Waals surface area contributed by atoms with Gasteiger partial charge in [-0.15, -0.1) is 0 Å². The van der Waals surface area contributed by atoms with Crippen LogP contribution in [0.4, 0.5) is 0 Å². The molecule has 704 valence electrons. The van der Waals surface area contributed by atoms with Crippen molar-refractivity contribution in [1.82, 2.24) is 30.0 Å². The second kappa shape index (κ2) is 62.3. The van der Waals surface area contributed by atoms with Gasteiger partial charge < -0.3 is 58.2 Å². The fourth-order valence-corrected chi connectivity index (χ4v) is 44.4. The van der Waals surface area contributed by atoms with Crippen LogP contribution in [-0.2, 0) is 70.2 Å². The van der Waals surface area contributed by atoms with Gasteiger partial charge in [0.15, 0.2) is 0 Å². The molecular formula is C96H185N15P6Pt3. The van der Waals surface area contributed by atoms with Gasteiger partial charge in [0.1, 0.15) is 5.49 Å². The SMILES string of the molecule is CN1C=NC2C([NH-])[N-]CNC21.CN1C=NC2C([NH-])[N-]CNC21.C[PH+](C1CCCCC1)C1CCCCC1.C[PH+](C1CCCCC1)C1CCCCC1.C[PH+](C1CCCCC1)C1CCCCC1.C[PH+](C1CCCCC1)C1CCCCC1.C[PH+](C1CCCCC1)C1CCCCC1.C[PH+](C1CCCCC1)C1CCCCC1.Cn1cnc2c1=NC[N-]C=2[NH-].[Pt].[Pt].[Pt]. The first-order valence-corrected chi connectivity index (χ1v) is 63.7. The number of rotatable bonds is 12. The molecule has 1 aromatic rings. The number of hydrogen-bond donors (Lipinski definition) is 2. The molecule has 120 heavy (non-hydrogen) atoms. The van der Waals surface area contributed by atoms with E-state index < -0.39 is 0 Å². The van der Waals surface area contributed by atoms with Crippen LogP contribution < -0.4 is 21.5 Å². The molecule has 5 N–H and O–H groups in total. The molecule has 14 fully saturated rings. The maximum atomic E-state index is 7.54. The molecular weight excluding hydrogens is 2130 g/mol. The minimum atomic E-state index is -0.387. The van der Waals surface area contributed by atoms with Crippen LogP contribution in [0.2, 0.25) is 0 Å². The van der Waals surface area contributed by atoms with Crippen molar-refractivity contribution in [3.05, 3.63) is 50.3 Å². The summed E-state index contributed by atoms with van der Waals surface area (Å²) < 4.78 is 1.79. The normalized spacial score (nSPS) is 28.1. The Balaban J connectivity index is 0.000000186. The van der Waals surface area contributed by atoms with E-state index in [9.17, 15) is 0 Å². The van der Waals surface area contributed by atoms with Crippen LogP contribution in [0.15, 0.2) is 21.3 Å². The van der Waals surface area contributed by atoms with E-state index in [1.807, 2.05) is 30.9 Å². The van der Waals surface area contributed by atoms with E-state index >= 15 is 0 Å². The summed E-state index contributed by atoms with van der Waals surface area (Å²) in [5.74, 6) is 0.232. The van der Waals surface area contributed by atoms with Gasteiger partial charge in [0, 0.05) is 172 Å². The fraction of sp³-hybridized carbons (Fsp3) is 0.938. The van der Waals surface area contributed by atoms with Gasteiger partial charge in [0.05, 0.1) is 117 Å². The number of aliphatic imine (C=N–C) groups is 2. The summed E-state index contributed by atoms with van der Waals surface area (Å²) in [7, 11) is 5.82. The molecule has 0 aromatic carbocycles. The van der Waals surface area contributed by atoms with Crippen LogP contribution in [0.1, 0.15) is 385 Å². The zero-order valence-electron chi connectivity index (χ0n) is 78.1. The van der Waals surface area contributed by atoms with Crippen molar-refractivity contribution < 1.29 is 63.2 Å². The Hall–Kier alpha value is 1.82. The summed E-state index contributed by atoms with van der Waals surface area (Å²) >= 11 is 0. The first-order valence-electron chi connectivity index (χ1n) is 50.8. The standard InChI is InChI=1S/6C13H25P.2C6H11N5.C6H7N5.3Pt/c6*1-14(12-8-4-2-5-9-12)13-10-6-3-7-11-13;3*1-11-3-10-4-5(7)8-2-9-6(4)11;;;/h6*12-13H,2-11H2,1H3;2*3-7,9H,2H2,1H3;3,7H,2H2,1H3;;;/q;;;;;;3*-2;;;/p+6. The molecule has 6 heterocycles. The third-order valence-corrected chi connectivity index (χ3v) is 55.1. The van der Waals surface area contributed by atoms with Crippen molar-refractivity contribution >= 4 is 66.0 Å². The molecule has 5 aliphatic heterocycles. The Labute approximate surface area is 788 Å². The predicted molar refractivity (Wildman–Crippen MR) is 534 cm³/mol. The molecule has 6 atom stereocenters. The van der Waals surface area contributed by atoms with Gasteiger partial charge in [0.25, 0.3) is 0 Å². The number of aromatic nitrogens is 2. The van der Waals surface area contributed by atoms with Gasteiger partial charge >= 0.3 is 0 Å². The molecule has 6 unspecified atom stereocenters. The van der Waals surface area contributed by atoms with Crippen molar-refractivity contribution in [3.63, 3.8) is 0 Å². The van der Waals surface area contributed by atoms with E-state index in [0.717, 1.165) is 5.49 Å². The number of hydrogen-bond acceptors (Lipinski definition) is 8. The molecule has 24 heteroatoms. The molecule has 12 aliphatic carbocycles. The Morgan fingerprint density at radius 1 is 0.317 bits per heavy atom. The molecule has 17 aliphatic rings. The average molecular weight is 2320 g/mol. The second-order valence-electron chi connectivity index (χ2n) is 40.5. The van der Waals surface area contributed by atoms with Crippen molar-refractivity contribution in [2.24, 2.45) is 22.0 Å². The molecule has 1 aromatic heterocycles. The molecule has 0 radical (unpaired) electrons. The molecule has 15 nitrogen and oxygen atoms in total. The van der Waals surface area contributed by atoms with Gasteiger partial charge in [-0.1, -0.05) is 90.4 Å². The maximum absolute atomic E-state index is 7.54. The van der Waals surface area contributed by atoms with Gasteiger partial charge in [0.2, 0.25) is 0 Å². The van der Waals surface area contributed by atoms with E-state index in [4.69, 9.17) is 17.2 Å². The molecule has 0 amide bonds. The monoisotopic (exact) mass is 2320 g/mol. The first kappa shape index (κ1) is 109. The van der Waals surface area contributed by atoms with E-state index in [1.165, 1.54) is 145 Å². The smallest absolute Gasteiger partial charge is 0.150 e. The topological polar surface area (TPSA) is 199 Å². The fourth-order valence-electron chi connectivity index (χ4n) is 24.6. The zero-order chi connectivity index (χ0) is 82.4. The molecule has 12 saturated carbocycles.